The summed E-state index contributed by atoms with van der Waals surface area (Å²) in [5.41, 5.74) is 1.99. The van der Waals surface area contributed by atoms with Gasteiger partial charge in [0.2, 0.25) is 0 Å². The molecule has 2 heterocycles. The summed E-state index contributed by atoms with van der Waals surface area (Å²) >= 11 is 0. The third-order valence-electron chi connectivity index (χ3n) is 4.69. The number of nitrogens with one attached hydrogen (secondary N) is 2. The maximum Gasteiger partial charge on any atom is 0.356 e. The number of amides is 1. The Kier molecular flexibility index (Phi) is 4.85. The van der Waals surface area contributed by atoms with Crippen molar-refractivity contribution in [2.75, 3.05) is 25.5 Å². The van der Waals surface area contributed by atoms with Gasteiger partial charge >= 0.3 is 5.97 Å². The van der Waals surface area contributed by atoms with Crippen LogP contribution in [0, 0.1) is 0 Å². The highest BCUT2D eigenvalue weighted by molar-refractivity contribution is 6.05. The van der Waals surface area contributed by atoms with Gasteiger partial charge in [0, 0.05) is 12.6 Å². The Labute approximate surface area is 141 Å². The third kappa shape index (κ3) is 3.28. The second kappa shape index (κ2) is 7.05. The van der Waals surface area contributed by atoms with E-state index in [0.717, 1.165) is 19.4 Å². The Morgan fingerprint density at radius 3 is 2.83 bits per heavy atom. The van der Waals surface area contributed by atoms with Gasteiger partial charge in [0.1, 0.15) is 5.70 Å². The standard InChI is InChI=1S/C18H23N3O3/c1-12-7-5-6-10-21(12)11-15-16(18(23)24-2)19-14-9-4-3-8-13(14)17(22)20-15/h3-4,8-9,12,19H,5-7,10-11H2,1-2H3,(H,20,22). The summed E-state index contributed by atoms with van der Waals surface area (Å²) in [6.07, 6.45) is 3.48. The van der Waals surface area contributed by atoms with E-state index in [4.69, 9.17) is 4.74 Å². The first kappa shape index (κ1) is 16.5. The molecule has 2 N–H and O–H groups in total. The fraction of sp³-hybridized carbons (Fsp3) is 0.444. The second-order valence-corrected chi connectivity index (χ2v) is 6.29. The number of ether oxygens (including phenoxy) is 1. The smallest absolute Gasteiger partial charge is 0.356 e. The van der Waals surface area contributed by atoms with Crippen molar-refractivity contribution in [3.8, 4) is 0 Å². The lowest BCUT2D eigenvalue weighted by atomic mass is 10.0. The zero-order valence-corrected chi connectivity index (χ0v) is 14.1. The number of benzene rings is 1. The van der Waals surface area contributed by atoms with Crippen molar-refractivity contribution in [1.29, 1.82) is 0 Å². The molecule has 1 fully saturated rings. The zero-order chi connectivity index (χ0) is 17.1. The first-order chi connectivity index (χ1) is 11.6. The first-order valence-electron chi connectivity index (χ1n) is 8.33. The minimum atomic E-state index is -0.480. The second-order valence-electron chi connectivity index (χ2n) is 6.29. The predicted molar refractivity (Wildman–Crippen MR) is 91.5 cm³/mol. The summed E-state index contributed by atoms with van der Waals surface area (Å²) in [5, 5.41) is 5.99. The van der Waals surface area contributed by atoms with Gasteiger partial charge in [-0.15, -0.1) is 0 Å². The largest absolute Gasteiger partial charge is 0.464 e. The Bertz CT molecular complexity index is 684. The van der Waals surface area contributed by atoms with Crippen molar-refractivity contribution in [2.45, 2.75) is 32.2 Å². The molecule has 3 rings (SSSR count). The number of anilines is 1. The van der Waals surface area contributed by atoms with Crippen LogP contribution in [0.3, 0.4) is 0 Å². The topological polar surface area (TPSA) is 70.7 Å². The lowest BCUT2D eigenvalue weighted by Gasteiger charge is -2.34. The Morgan fingerprint density at radius 1 is 1.29 bits per heavy atom. The van der Waals surface area contributed by atoms with E-state index >= 15 is 0 Å². The summed E-state index contributed by atoms with van der Waals surface area (Å²) < 4.78 is 4.91. The molecule has 1 saturated heterocycles. The summed E-state index contributed by atoms with van der Waals surface area (Å²) in [6.45, 7) is 3.65. The van der Waals surface area contributed by atoms with Crippen LogP contribution in [0.15, 0.2) is 35.7 Å². The van der Waals surface area contributed by atoms with E-state index in [1.165, 1.54) is 13.5 Å². The summed E-state index contributed by atoms with van der Waals surface area (Å²) in [4.78, 5) is 27.1. The average Bonchev–Trinajstić information content (AvgIpc) is 2.73. The number of rotatable bonds is 3. The van der Waals surface area contributed by atoms with Gasteiger partial charge in [0.15, 0.2) is 0 Å². The molecule has 1 aromatic carbocycles. The minimum Gasteiger partial charge on any atom is -0.464 e. The molecule has 128 valence electrons. The molecule has 0 aromatic heterocycles. The Hall–Kier alpha value is -2.34. The number of esters is 1. The van der Waals surface area contributed by atoms with Crippen LogP contribution >= 0.6 is 0 Å². The molecule has 0 bridgehead atoms. The number of carbonyl (C=O) groups is 2. The van der Waals surface area contributed by atoms with Gasteiger partial charge in [-0.2, -0.15) is 0 Å². The van der Waals surface area contributed by atoms with E-state index in [0.29, 0.717) is 35.2 Å². The van der Waals surface area contributed by atoms with Gasteiger partial charge in [-0.3, -0.25) is 9.69 Å². The maximum atomic E-state index is 12.5. The number of fused-ring (bicyclic) bond motifs is 1. The summed E-state index contributed by atoms with van der Waals surface area (Å²) in [5.74, 6) is -0.691. The predicted octanol–water partition coefficient (Wildman–Crippen LogP) is 2.10. The lowest BCUT2D eigenvalue weighted by Crippen LogP contribution is -2.42. The highest BCUT2D eigenvalue weighted by Crippen LogP contribution is 2.24. The molecule has 1 amide bonds. The highest BCUT2D eigenvalue weighted by atomic mass is 16.5. The normalized spacial score (nSPS) is 21.4. The molecule has 0 radical (unpaired) electrons. The van der Waals surface area contributed by atoms with E-state index in [2.05, 4.69) is 22.5 Å². The fourth-order valence-electron chi connectivity index (χ4n) is 3.26. The molecule has 0 spiro atoms. The monoisotopic (exact) mass is 329 g/mol. The molecule has 1 unspecified atom stereocenters. The number of carbonyl (C=O) groups excluding carboxylic acids is 2. The molecule has 6 heteroatoms. The molecule has 1 aromatic rings. The maximum absolute atomic E-state index is 12.5. The van der Waals surface area contributed by atoms with E-state index in [1.54, 1.807) is 18.2 Å². The number of hydrogen-bond donors (Lipinski definition) is 2. The van der Waals surface area contributed by atoms with E-state index < -0.39 is 5.97 Å². The SMILES string of the molecule is COC(=O)C1=C(CN2CCCCC2C)NC(=O)c2ccccc2N1. The van der Waals surface area contributed by atoms with Crippen molar-refractivity contribution in [1.82, 2.24) is 10.2 Å². The van der Waals surface area contributed by atoms with Gasteiger partial charge in [-0.25, -0.2) is 4.79 Å². The van der Waals surface area contributed by atoms with E-state index in [1.807, 2.05) is 6.07 Å². The Balaban J connectivity index is 1.94. The van der Waals surface area contributed by atoms with Crippen LogP contribution in [0.1, 0.15) is 36.5 Å². The summed E-state index contributed by atoms with van der Waals surface area (Å²) in [6, 6.07) is 7.57. The van der Waals surface area contributed by atoms with Gasteiger partial charge < -0.3 is 15.4 Å². The molecule has 6 nitrogen and oxygen atoms in total. The van der Waals surface area contributed by atoms with Crippen LogP contribution in [0.5, 0.6) is 0 Å². The number of hydrogen-bond acceptors (Lipinski definition) is 5. The molecule has 2 aliphatic rings. The summed E-state index contributed by atoms with van der Waals surface area (Å²) in [7, 11) is 1.34. The van der Waals surface area contributed by atoms with Crippen molar-refractivity contribution in [2.24, 2.45) is 0 Å². The highest BCUT2D eigenvalue weighted by Gasteiger charge is 2.28. The number of nitrogens with zero attached hydrogens (tertiary/aromatic N) is 1. The van der Waals surface area contributed by atoms with Crippen molar-refractivity contribution in [3.05, 3.63) is 41.2 Å². The Morgan fingerprint density at radius 2 is 2.08 bits per heavy atom. The van der Waals surface area contributed by atoms with Crippen LogP contribution in [0.4, 0.5) is 5.69 Å². The van der Waals surface area contributed by atoms with Gasteiger partial charge in [0.25, 0.3) is 5.91 Å². The zero-order valence-electron chi connectivity index (χ0n) is 14.1. The number of likely N-dealkylation sites (tertiary alicyclic amines) is 1. The fourth-order valence-corrected chi connectivity index (χ4v) is 3.26. The quantitative estimate of drug-likeness (QED) is 0.831. The van der Waals surface area contributed by atoms with Crippen molar-refractivity contribution < 1.29 is 14.3 Å². The number of methoxy groups -OCH3 is 1. The molecular formula is C18H23N3O3. The van der Waals surface area contributed by atoms with Crippen LogP contribution in [-0.2, 0) is 9.53 Å². The van der Waals surface area contributed by atoms with Crippen LogP contribution in [0.2, 0.25) is 0 Å². The molecule has 24 heavy (non-hydrogen) atoms. The van der Waals surface area contributed by atoms with E-state index in [-0.39, 0.29) is 5.91 Å². The third-order valence-corrected chi connectivity index (χ3v) is 4.69. The molecular weight excluding hydrogens is 306 g/mol. The van der Waals surface area contributed by atoms with Gasteiger partial charge in [-0.05, 0) is 38.4 Å². The number of piperidine rings is 1. The number of para-hydroxylation sites is 1. The van der Waals surface area contributed by atoms with Gasteiger partial charge in [-0.1, -0.05) is 18.6 Å². The molecule has 1 atom stereocenters. The first-order valence-corrected chi connectivity index (χ1v) is 8.33. The molecule has 0 aliphatic carbocycles. The average molecular weight is 329 g/mol. The van der Waals surface area contributed by atoms with Crippen LogP contribution in [-0.4, -0.2) is 43.0 Å². The van der Waals surface area contributed by atoms with E-state index in [9.17, 15) is 9.59 Å². The van der Waals surface area contributed by atoms with Gasteiger partial charge in [0.05, 0.1) is 24.1 Å². The minimum absolute atomic E-state index is 0.211. The lowest BCUT2D eigenvalue weighted by molar-refractivity contribution is -0.136. The van der Waals surface area contributed by atoms with Crippen molar-refractivity contribution in [3.63, 3.8) is 0 Å². The van der Waals surface area contributed by atoms with Crippen LogP contribution in [0.25, 0.3) is 0 Å². The molecule has 0 saturated carbocycles. The van der Waals surface area contributed by atoms with Crippen LogP contribution < -0.4 is 10.6 Å². The van der Waals surface area contributed by atoms with Crippen molar-refractivity contribution >= 4 is 17.6 Å². The molecule has 2 aliphatic heterocycles.